The lowest BCUT2D eigenvalue weighted by Gasteiger charge is -2.33. The Morgan fingerprint density at radius 2 is 2.27 bits per heavy atom. The fraction of sp³-hybridized carbons (Fsp3) is 0.625. The molecule has 0 spiro atoms. The van der Waals surface area contributed by atoms with Crippen LogP contribution in [0.15, 0.2) is 16.7 Å². The monoisotopic (exact) mass is 319 g/mol. The molecule has 2 aliphatic heterocycles. The lowest BCUT2D eigenvalue weighted by molar-refractivity contribution is -0.0187. The number of aromatic nitrogens is 2. The third-order valence-corrected chi connectivity index (χ3v) is 5.62. The van der Waals surface area contributed by atoms with E-state index in [9.17, 15) is 0 Å². The van der Waals surface area contributed by atoms with Gasteiger partial charge in [0.2, 0.25) is 0 Å². The van der Waals surface area contributed by atoms with Crippen LogP contribution in [-0.4, -0.2) is 34.2 Å². The predicted octanol–water partition coefficient (Wildman–Crippen LogP) is 3.10. The second-order valence-corrected chi connectivity index (χ2v) is 7.75. The van der Waals surface area contributed by atoms with Crippen molar-refractivity contribution in [3.63, 3.8) is 0 Å². The van der Waals surface area contributed by atoms with Crippen LogP contribution in [0.3, 0.4) is 0 Å². The summed E-state index contributed by atoms with van der Waals surface area (Å²) in [6.07, 6.45) is 2.49. The minimum Gasteiger partial charge on any atom is -0.364 e. The molecule has 2 saturated heterocycles. The van der Waals surface area contributed by atoms with Gasteiger partial charge >= 0.3 is 0 Å². The maximum Gasteiger partial charge on any atom is 0.255 e. The van der Waals surface area contributed by atoms with Crippen LogP contribution in [0.5, 0.6) is 0 Å². The largest absolute Gasteiger partial charge is 0.364 e. The molecular formula is C16H21N3O2S. The Morgan fingerprint density at radius 1 is 1.36 bits per heavy atom. The van der Waals surface area contributed by atoms with E-state index in [1.54, 1.807) is 0 Å². The van der Waals surface area contributed by atoms with Gasteiger partial charge < -0.3 is 9.26 Å². The lowest BCUT2D eigenvalue weighted by atomic mass is 9.92. The molecule has 0 aromatic carbocycles. The zero-order valence-electron chi connectivity index (χ0n) is 13.0. The number of nitrogens with zero attached hydrogens (tertiary/aromatic N) is 3. The summed E-state index contributed by atoms with van der Waals surface area (Å²) in [5.41, 5.74) is 0. The average Bonchev–Trinajstić information content (AvgIpc) is 3.18. The molecule has 2 aromatic heterocycles. The van der Waals surface area contributed by atoms with E-state index in [1.165, 1.54) is 16.2 Å². The van der Waals surface area contributed by atoms with Gasteiger partial charge in [-0.05, 0) is 51.3 Å². The first-order valence-corrected chi connectivity index (χ1v) is 8.72. The lowest BCUT2D eigenvalue weighted by Crippen LogP contribution is -2.41. The topological polar surface area (TPSA) is 51.4 Å². The second-order valence-electron chi connectivity index (χ2n) is 6.37. The zero-order chi connectivity index (χ0) is 15.1. The summed E-state index contributed by atoms with van der Waals surface area (Å²) in [6, 6.07) is 4.44. The molecule has 4 heterocycles. The van der Waals surface area contributed by atoms with Crippen LogP contribution in [0.25, 0.3) is 0 Å². The van der Waals surface area contributed by atoms with Crippen molar-refractivity contribution in [3.8, 4) is 0 Å². The van der Waals surface area contributed by atoms with Gasteiger partial charge in [-0.3, -0.25) is 4.90 Å². The van der Waals surface area contributed by atoms with Crippen LogP contribution < -0.4 is 0 Å². The number of rotatable bonds is 3. The molecule has 0 bridgehead atoms. The first kappa shape index (κ1) is 14.4. The van der Waals surface area contributed by atoms with Crippen LogP contribution in [0, 0.1) is 19.8 Å². The summed E-state index contributed by atoms with van der Waals surface area (Å²) < 4.78 is 11.5. The molecule has 4 rings (SSSR count). The first-order valence-electron chi connectivity index (χ1n) is 7.91. The number of hydrogen-bond donors (Lipinski definition) is 0. The Hall–Kier alpha value is -1.24. The predicted molar refractivity (Wildman–Crippen MR) is 83.7 cm³/mol. The molecule has 0 unspecified atom stereocenters. The highest BCUT2D eigenvalue weighted by molar-refractivity contribution is 7.11. The molecular weight excluding hydrogens is 298 g/mol. The molecule has 0 saturated carbocycles. The summed E-state index contributed by atoms with van der Waals surface area (Å²) in [6.45, 7) is 7.20. The van der Waals surface area contributed by atoms with E-state index in [0.29, 0.717) is 23.7 Å². The van der Waals surface area contributed by atoms with Gasteiger partial charge in [0.05, 0.1) is 6.10 Å². The minimum atomic E-state index is -0.0138. The molecule has 0 radical (unpaired) electrons. The number of aryl methyl sites for hydroxylation is 2. The average molecular weight is 319 g/mol. The molecule has 0 aliphatic carbocycles. The van der Waals surface area contributed by atoms with Crippen LogP contribution >= 0.6 is 11.3 Å². The van der Waals surface area contributed by atoms with Gasteiger partial charge in [-0.2, -0.15) is 4.98 Å². The molecule has 118 valence electrons. The highest BCUT2D eigenvalue weighted by Gasteiger charge is 2.41. The molecule has 22 heavy (non-hydrogen) atoms. The van der Waals surface area contributed by atoms with Gasteiger partial charge in [-0.1, -0.05) is 5.16 Å². The van der Waals surface area contributed by atoms with Crippen molar-refractivity contribution in [2.24, 2.45) is 5.92 Å². The van der Waals surface area contributed by atoms with E-state index in [-0.39, 0.29) is 6.10 Å². The molecule has 0 amide bonds. The van der Waals surface area contributed by atoms with Crippen LogP contribution in [0.2, 0.25) is 0 Å². The van der Waals surface area contributed by atoms with Crippen molar-refractivity contribution >= 4 is 11.3 Å². The number of ether oxygens (including phenoxy) is 1. The Balaban J connectivity index is 1.39. The van der Waals surface area contributed by atoms with Gasteiger partial charge in [0.25, 0.3) is 5.89 Å². The third-order valence-electron chi connectivity index (χ3n) is 4.63. The molecule has 2 fully saturated rings. The smallest absolute Gasteiger partial charge is 0.255 e. The molecule has 0 N–H and O–H groups in total. The highest BCUT2D eigenvalue weighted by Crippen LogP contribution is 2.40. The Morgan fingerprint density at radius 3 is 3.00 bits per heavy atom. The summed E-state index contributed by atoms with van der Waals surface area (Å²) in [5, 5.41) is 3.88. The molecule has 2 aromatic rings. The first-order chi connectivity index (χ1) is 10.7. The molecule has 3 atom stereocenters. The molecule has 2 aliphatic rings. The fourth-order valence-corrected chi connectivity index (χ4v) is 4.46. The second kappa shape index (κ2) is 5.76. The van der Waals surface area contributed by atoms with Crippen LogP contribution in [0.1, 0.15) is 40.4 Å². The van der Waals surface area contributed by atoms with E-state index in [4.69, 9.17) is 9.26 Å². The summed E-state index contributed by atoms with van der Waals surface area (Å²) in [5.74, 6) is 1.95. The van der Waals surface area contributed by atoms with Crippen molar-refractivity contribution < 1.29 is 9.26 Å². The molecule has 5 nitrogen and oxygen atoms in total. The van der Waals surface area contributed by atoms with E-state index in [1.807, 2.05) is 18.3 Å². The minimum absolute atomic E-state index is 0.0138. The van der Waals surface area contributed by atoms with Gasteiger partial charge in [-0.25, -0.2) is 0 Å². The van der Waals surface area contributed by atoms with Crippen molar-refractivity contribution in [2.75, 3.05) is 13.1 Å². The van der Waals surface area contributed by atoms with Gasteiger partial charge in [0.1, 0.15) is 6.10 Å². The summed E-state index contributed by atoms with van der Waals surface area (Å²) in [4.78, 5) is 9.66. The van der Waals surface area contributed by atoms with E-state index in [2.05, 4.69) is 34.1 Å². The third kappa shape index (κ3) is 2.83. The van der Waals surface area contributed by atoms with E-state index >= 15 is 0 Å². The van der Waals surface area contributed by atoms with Crippen molar-refractivity contribution in [3.05, 3.63) is 33.6 Å². The highest BCUT2D eigenvalue weighted by atomic mass is 32.1. The number of thiophene rings is 1. The van der Waals surface area contributed by atoms with Gasteiger partial charge in [0.15, 0.2) is 5.82 Å². The maximum atomic E-state index is 6.20. The van der Waals surface area contributed by atoms with Crippen LogP contribution in [-0.2, 0) is 11.3 Å². The maximum absolute atomic E-state index is 6.20. The van der Waals surface area contributed by atoms with Crippen molar-refractivity contribution in [1.29, 1.82) is 0 Å². The summed E-state index contributed by atoms with van der Waals surface area (Å²) >= 11 is 1.89. The Bertz CT molecular complexity index is 653. The van der Waals surface area contributed by atoms with Crippen molar-refractivity contribution in [2.45, 2.75) is 45.4 Å². The normalized spacial score (nSPS) is 28.9. The number of hydrogen-bond acceptors (Lipinski definition) is 6. The van der Waals surface area contributed by atoms with E-state index in [0.717, 1.165) is 26.1 Å². The Labute approximate surface area is 134 Å². The van der Waals surface area contributed by atoms with E-state index < -0.39 is 0 Å². The summed E-state index contributed by atoms with van der Waals surface area (Å²) in [7, 11) is 0. The zero-order valence-corrected chi connectivity index (χ0v) is 13.8. The van der Waals surface area contributed by atoms with Crippen LogP contribution in [0.4, 0.5) is 0 Å². The van der Waals surface area contributed by atoms with Crippen molar-refractivity contribution in [1.82, 2.24) is 15.0 Å². The fourth-order valence-electron chi connectivity index (χ4n) is 3.53. The number of piperidine rings is 1. The van der Waals surface area contributed by atoms with Gasteiger partial charge in [0, 0.05) is 22.8 Å². The Kier molecular flexibility index (Phi) is 3.76. The number of fused-ring (bicyclic) bond motifs is 1. The quantitative estimate of drug-likeness (QED) is 0.870. The van der Waals surface area contributed by atoms with Gasteiger partial charge in [-0.15, -0.1) is 11.3 Å². The standard InChI is InChI=1S/C16H21N3O2S/c1-10-3-4-13(22-10)8-19-6-5-12-7-14(20-15(12)9-19)16-17-11(2)18-21-16/h3-4,12,14-15H,5-9H2,1-2H3/t12-,14-,15+/m0/s1. The molecule has 6 heteroatoms. The SMILES string of the molecule is Cc1noc([C@@H]2C[C@@H]3CCN(Cc4ccc(C)s4)C[C@H]3O2)n1. The number of likely N-dealkylation sites (tertiary alicyclic amines) is 1.